The van der Waals surface area contributed by atoms with Gasteiger partial charge in [0, 0.05) is 49.5 Å². The van der Waals surface area contributed by atoms with Crippen LogP contribution in [0.2, 0.25) is 5.02 Å². The van der Waals surface area contributed by atoms with Gasteiger partial charge in [0.05, 0.1) is 29.9 Å². The molecular weight excluding hydrogens is 461 g/mol. The molecule has 0 bridgehead atoms. The van der Waals surface area contributed by atoms with Crippen molar-refractivity contribution in [2.24, 2.45) is 0 Å². The maximum absolute atomic E-state index is 13.5. The van der Waals surface area contributed by atoms with Crippen LogP contribution in [0.25, 0.3) is 10.9 Å². The third-order valence-electron chi connectivity index (χ3n) is 5.34. The van der Waals surface area contributed by atoms with E-state index in [2.05, 4.69) is 25.5 Å². The SMILES string of the molecule is COc1cc2ncnc(Nc3ccc(F)c(Cl)c3)c2cc1NC(=O)/C=C/CN1CCCOCC1. The van der Waals surface area contributed by atoms with Crippen molar-refractivity contribution in [3.05, 3.63) is 59.7 Å². The van der Waals surface area contributed by atoms with Gasteiger partial charge >= 0.3 is 0 Å². The zero-order valence-electron chi connectivity index (χ0n) is 18.7. The summed E-state index contributed by atoms with van der Waals surface area (Å²) >= 11 is 5.89. The molecule has 0 atom stereocenters. The molecule has 0 saturated carbocycles. The number of fused-ring (bicyclic) bond motifs is 1. The molecule has 10 heteroatoms. The van der Waals surface area contributed by atoms with Gasteiger partial charge in [-0.05, 0) is 30.7 Å². The largest absolute Gasteiger partial charge is 0.494 e. The lowest BCUT2D eigenvalue weighted by Gasteiger charge is -2.16. The van der Waals surface area contributed by atoms with Crippen LogP contribution in [0.15, 0.2) is 48.8 Å². The van der Waals surface area contributed by atoms with Crippen molar-refractivity contribution >= 4 is 45.6 Å². The molecule has 3 aromatic rings. The molecule has 2 heterocycles. The molecule has 2 aromatic carbocycles. The fraction of sp³-hybridized carbons (Fsp3) is 0.292. The Balaban J connectivity index is 1.53. The van der Waals surface area contributed by atoms with E-state index in [1.807, 2.05) is 6.08 Å². The molecule has 1 fully saturated rings. The average Bonchev–Trinajstić information content (AvgIpc) is 3.10. The maximum atomic E-state index is 13.5. The molecule has 4 rings (SSSR count). The number of rotatable bonds is 7. The number of ether oxygens (including phenoxy) is 2. The number of carbonyl (C=O) groups excluding carboxylic acids is 1. The number of benzene rings is 2. The second kappa shape index (κ2) is 11.2. The van der Waals surface area contributed by atoms with E-state index in [9.17, 15) is 9.18 Å². The fourth-order valence-electron chi connectivity index (χ4n) is 3.62. The number of hydrogen-bond acceptors (Lipinski definition) is 7. The van der Waals surface area contributed by atoms with Gasteiger partial charge in [0.15, 0.2) is 0 Å². The van der Waals surface area contributed by atoms with Crippen LogP contribution in [0.4, 0.5) is 21.6 Å². The molecule has 8 nitrogen and oxygen atoms in total. The van der Waals surface area contributed by atoms with Crippen LogP contribution in [-0.4, -0.2) is 60.7 Å². The predicted octanol–water partition coefficient (Wildman–Crippen LogP) is 4.39. The molecule has 0 radical (unpaired) electrons. The summed E-state index contributed by atoms with van der Waals surface area (Å²) < 4.78 is 24.4. The lowest BCUT2D eigenvalue weighted by Crippen LogP contribution is -2.26. The van der Waals surface area contributed by atoms with E-state index < -0.39 is 5.82 Å². The number of nitrogens with one attached hydrogen (secondary N) is 2. The molecule has 1 aliphatic heterocycles. The maximum Gasteiger partial charge on any atom is 0.248 e. The Kier molecular flexibility index (Phi) is 7.89. The first-order chi connectivity index (χ1) is 16.5. The summed E-state index contributed by atoms with van der Waals surface area (Å²) in [5.74, 6) is 0.158. The summed E-state index contributed by atoms with van der Waals surface area (Å²) in [6.07, 6.45) is 5.74. The number of aromatic nitrogens is 2. The van der Waals surface area contributed by atoms with E-state index in [1.165, 1.54) is 31.6 Å². The summed E-state index contributed by atoms with van der Waals surface area (Å²) in [6, 6.07) is 7.75. The van der Waals surface area contributed by atoms with Gasteiger partial charge in [0.25, 0.3) is 0 Å². The minimum Gasteiger partial charge on any atom is -0.494 e. The summed E-state index contributed by atoms with van der Waals surface area (Å²) in [7, 11) is 1.52. The average molecular weight is 486 g/mol. The van der Waals surface area contributed by atoms with E-state index in [4.69, 9.17) is 21.1 Å². The van der Waals surface area contributed by atoms with Crippen LogP contribution in [0.1, 0.15) is 6.42 Å². The van der Waals surface area contributed by atoms with Crippen molar-refractivity contribution < 1.29 is 18.7 Å². The Morgan fingerprint density at radius 2 is 2.15 bits per heavy atom. The zero-order valence-corrected chi connectivity index (χ0v) is 19.4. The van der Waals surface area contributed by atoms with Crippen LogP contribution in [0.3, 0.4) is 0 Å². The Hall–Kier alpha value is -3.27. The second-order valence-corrected chi connectivity index (χ2v) is 8.11. The smallest absolute Gasteiger partial charge is 0.248 e. The zero-order chi connectivity index (χ0) is 23.9. The topological polar surface area (TPSA) is 88.6 Å². The van der Waals surface area contributed by atoms with Gasteiger partial charge in [0.1, 0.15) is 23.7 Å². The first-order valence-corrected chi connectivity index (χ1v) is 11.2. The van der Waals surface area contributed by atoms with Gasteiger partial charge in [-0.25, -0.2) is 14.4 Å². The molecule has 0 aliphatic carbocycles. The molecule has 1 aliphatic rings. The molecule has 0 unspecified atom stereocenters. The van der Waals surface area contributed by atoms with Crippen molar-refractivity contribution in [2.45, 2.75) is 6.42 Å². The van der Waals surface area contributed by atoms with Gasteiger partial charge in [0.2, 0.25) is 5.91 Å². The number of nitrogens with zero attached hydrogens (tertiary/aromatic N) is 3. The van der Waals surface area contributed by atoms with Crippen LogP contribution >= 0.6 is 11.6 Å². The summed E-state index contributed by atoms with van der Waals surface area (Å²) in [4.78, 5) is 23.4. The Labute approximate surface area is 201 Å². The van der Waals surface area contributed by atoms with Gasteiger partial charge in [-0.3, -0.25) is 9.69 Å². The molecule has 178 valence electrons. The Morgan fingerprint density at radius 1 is 1.26 bits per heavy atom. The van der Waals surface area contributed by atoms with Crippen molar-refractivity contribution in [1.29, 1.82) is 0 Å². The highest BCUT2D eigenvalue weighted by Crippen LogP contribution is 2.33. The van der Waals surface area contributed by atoms with E-state index >= 15 is 0 Å². The highest BCUT2D eigenvalue weighted by Gasteiger charge is 2.13. The fourth-order valence-corrected chi connectivity index (χ4v) is 3.80. The van der Waals surface area contributed by atoms with Crippen LogP contribution < -0.4 is 15.4 Å². The molecule has 0 spiro atoms. The quantitative estimate of drug-likeness (QED) is 0.480. The number of anilines is 3. The standard InChI is InChI=1S/C24H25ClFN5O3/c1-33-22-14-20-17(24(28-15-27-20)29-16-5-6-19(26)18(25)12-16)13-21(22)30-23(32)4-2-7-31-8-3-10-34-11-9-31/h2,4-6,12-15H,3,7-11H2,1H3,(H,30,32)(H,27,28,29)/b4-2+. The minimum absolute atomic E-state index is 0.00234. The molecule has 2 N–H and O–H groups in total. The third kappa shape index (κ3) is 5.99. The Bertz CT molecular complexity index is 1200. The van der Waals surface area contributed by atoms with Crippen molar-refractivity contribution in [1.82, 2.24) is 14.9 Å². The number of hydrogen-bond donors (Lipinski definition) is 2. The van der Waals surface area contributed by atoms with Gasteiger partial charge in [-0.15, -0.1) is 0 Å². The number of halogens is 2. The first kappa shape index (κ1) is 23.9. The molecule has 34 heavy (non-hydrogen) atoms. The monoisotopic (exact) mass is 485 g/mol. The second-order valence-electron chi connectivity index (χ2n) is 7.70. The van der Waals surface area contributed by atoms with Gasteiger partial charge in [-0.2, -0.15) is 0 Å². The lowest BCUT2D eigenvalue weighted by molar-refractivity contribution is -0.111. The summed E-state index contributed by atoms with van der Waals surface area (Å²) in [5.41, 5.74) is 1.65. The normalized spacial score (nSPS) is 14.8. The molecule has 1 amide bonds. The number of carbonyl (C=O) groups is 1. The lowest BCUT2D eigenvalue weighted by atomic mass is 10.1. The van der Waals surface area contributed by atoms with E-state index in [1.54, 1.807) is 18.2 Å². The van der Waals surface area contributed by atoms with Gasteiger partial charge < -0.3 is 20.1 Å². The van der Waals surface area contributed by atoms with Crippen LogP contribution in [0, 0.1) is 5.82 Å². The minimum atomic E-state index is -0.508. The van der Waals surface area contributed by atoms with Crippen molar-refractivity contribution in [2.75, 3.05) is 50.6 Å². The van der Waals surface area contributed by atoms with Gasteiger partial charge in [-0.1, -0.05) is 17.7 Å². The third-order valence-corrected chi connectivity index (χ3v) is 5.63. The first-order valence-electron chi connectivity index (χ1n) is 10.9. The highest BCUT2D eigenvalue weighted by atomic mass is 35.5. The highest BCUT2D eigenvalue weighted by molar-refractivity contribution is 6.31. The van der Waals surface area contributed by atoms with Crippen molar-refractivity contribution in [3.8, 4) is 5.75 Å². The molecular formula is C24H25ClFN5O3. The predicted molar refractivity (Wildman–Crippen MR) is 130 cm³/mol. The van der Waals surface area contributed by atoms with Crippen molar-refractivity contribution in [3.63, 3.8) is 0 Å². The van der Waals surface area contributed by atoms with Crippen LogP contribution in [0.5, 0.6) is 5.75 Å². The molecule has 1 saturated heterocycles. The summed E-state index contributed by atoms with van der Waals surface area (Å²) in [5, 5.41) is 6.63. The Morgan fingerprint density at radius 3 is 2.97 bits per heavy atom. The van der Waals surface area contributed by atoms with E-state index in [-0.39, 0.29) is 10.9 Å². The van der Waals surface area contributed by atoms with E-state index in [0.717, 1.165) is 26.1 Å². The van der Waals surface area contributed by atoms with E-state index in [0.29, 0.717) is 47.0 Å². The van der Waals surface area contributed by atoms with Crippen LogP contribution in [-0.2, 0) is 9.53 Å². The number of methoxy groups -OCH3 is 1. The summed E-state index contributed by atoms with van der Waals surface area (Å²) in [6.45, 7) is 3.95. The molecule has 1 aromatic heterocycles. The number of amides is 1.